The van der Waals surface area contributed by atoms with Crippen LogP contribution in [0.15, 0.2) is 18.2 Å². The molecule has 1 aromatic carbocycles. The number of nitrogens with one attached hydrogen (secondary N) is 1. The Morgan fingerprint density at radius 2 is 2.20 bits per heavy atom. The first kappa shape index (κ1) is 13.8. The van der Waals surface area contributed by atoms with Gasteiger partial charge in [0, 0.05) is 18.6 Å². The number of carbonyl (C=O) groups excluding carboxylic acids is 1. The molecule has 0 spiro atoms. The van der Waals surface area contributed by atoms with E-state index in [9.17, 15) is 9.18 Å². The molecular formula is C15H18ClFN2O. The molecule has 0 saturated carbocycles. The van der Waals surface area contributed by atoms with Gasteiger partial charge in [0.1, 0.15) is 5.82 Å². The zero-order valence-corrected chi connectivity index (χ0v) is 12.0. The highest BCUT2D eigenvalue weighted by Crippen LogP contribution is 2.29. The van der Waals surface area contributed by atoms with Gasteiger partial charge in [-0.15, -0.1) is 0 Å². The van der Waals surface area contributed by atoms with Gasteiger partial charge in [0.15, 0.2) is 0 Å². The minimum atomic E-state index is -0.535. The Morgan fingerprint density at radius 3 is 2.90 bits per heavy atom. The molecule has 2 heterocycles. The third kappa shape index (κ3) is 2.42. The van der Waals surface area contributed by atoms with Crippen molar-refractivity contribution < 1.29 is 9.18 Å². The van der Waals surface area contributed by atoms with Gasteiger partial charge in [0.05, 0.1) is 10.6 Å². The molecule has 0 bridgehead atoms. The fraction of sp³-hybridized carbons (Fsp3) is 0.533. The summed E-state index contributed by atoms with van der Waals surface area (Å²) in [6.07, 6.45) is 4.18. The molecule has 0 radical (unpaired) electrons. The molecule has 5 heteroatoms. The highest BCUT2D eigenvalue weighted by atomic mass is 35.5. The maximum atomic E-state index is 13.9. The minimum Gasteiger partial charge on any atom is -0.334 e. The third-order valence-electron chi connectivity index (χ3n) is 4.30. The molecule has 2 saturated heterocycles. The van der Waals surface area contributed by atoms with Crippen molar-refractivity contribution in [3.05, 3.63) is 34.6 Å². The van der Waals surface area contributed by atoms with Gasteiger partial charge in [0.25, 0.3) is 5.91 Å². The molecule has 20 heavy (non-hydrogen) atoms. The molecule has 0 aromatic heterocycles. The Hall–Kier alpha value is -1.13. The van der Waals surface area contributed by atoms with E-state index in [1.165, 1.54) is 12.1 Å². The summed E-state index contributed by atoms with van der Waals surface area (Å²) >= 11 is 6.01. The summed E-state index contributed by atoms with van der Waals surface area (Å²) < 4.78 is 13.9. The van der Waals surface area contributed by atoms with Crippen molar-refractivity contribution in [2.24, 2.45) is 0 Å². The van der Waals surface area contributed by atoms with E-state index in [0.717, 1.165) is 32.2 Å². The normalized spacial score (nSPS) is 26.2. The van der Waals surface area contributed by atoms with Crippen molar-refractivity contribution in [3.63, 3.8) is 0 Å². The number of amides is 1. The molecule has 1 aromatic rings. The molecule has 0 aliphatic carbocycles. The molecule has 1 N–H and O–H groups in total. The number of rotatable bonds is 2. The number of hydrogen-bond donors (Lipinski definition) is 1. The second-order valence-corrected chi connectivity index (χ2v) is 5.91. The number of halogens is 2. The quantitative estimate of drug-likeness (QED) is 0.910. The molecule has 3 rings (SSSR count). The van der Waals surface area contributed by atoms with E-state index in [4.69, 9.17) is 11.6 Å². The Kier molecular flexibility index (Phi) is 3.94. The predicted octanol–water partition coefficient (Wildman–Crippen LogP) is 2.84. The summed E-state index contributed by atoms with van der Waals surface area (Å²) in [6.45, 7) is 1.69. The van der Waals surface area contributed by atoms with Crippen LogP contribution in [0.1, 0.15) is 36.0 Å². The van der Waals surface area contributed by atoms with E-state index in [2.05, 4.69) is 5.32 Å². The average molecular weight is 297 g/mol. The van der Waals surface area contributed by atoms with Crippen LogP contribution in [0, 0.1) is 5.82 Å². The summed E-state index contributed by atoms with van der Waals surface area (Å²) in [5.74, 6) is -0.808. The molecule has 2 fully saturated rings. The van der Waals surface area contributed by atoms with Crippen LogP contribution in [0.5, 0.6) is 0 Å². The predicted molar refractivity (Wildman–Crippen MR) is 76.5 cm³/mol. The van der Waals surface area contributed by atoms with Crippen LogP contribution in [-0.4, -0.2) is 36.0 Å². The summed E-state index contributed by atoms with van der Waals surface area (Å²) in [6, 6.07) is 4.89. The molecule has 108 valence electrons. The third-order valence-corrected chi connectivity index (χ3v) is 4.61. The minimum absolute atomic E-state index is 0.0130. The van der Waals surface area contributed by atoms with E-state index < -0.39 is 5.82 Å². The van der Waals surface area contributed by atoms with Crippen molar-refractivity contribution in [1.29, 1.82) is 0 Å². The topological polar surface area (TPSA) is 32.3 Å². The summed E-state index contributed by atoms with van der Waals surface area (Å²) in [5, 5.41) is 3.64. The standard InChI is InChI=1S/C15H18ClFN2O/c16-10-4-1-5-11(17)14(10)15(20)19-9-3-7-13(19)12-6-2-8-18-12/h1,4-5,12-13,18H,2-3,6-9H2. The number of hydrogen-bond acceptors (Lipinski definition) is 2. The van der Waals surface area contributed by atoms with Crippen molar-refractivity contribution in [3.8, 4) is 0 Å². The van der Waals surface area contributed by atoms with Crippen LogP contribution >= 0.6 is 11.6 Å². The first-order valence-corrected chi connectivity index (χ1v) is 7.54. The van der Waals surface area contributed by atoms with Gasteiger partial charge in [-0.2, -0.15) is 0 Å². The smallest absolute Gasteiger partial charge is 0.258 e. The van der Waals surface area contributed by atoms with Crippen LogP contribution in [0.3, 0.4) is 0 Å². The van der Waals surface area contributed by atoms with Crippen molar-refractivity contribution in [1.82, 2.24) is 10.2 Å². The lowest BCUT2D eigenvalue weighted by molar-refractivity contribution is 0.0707. The Labute approximate surface area is 123 Å². The van der Waals surface area contributed by atoms with Crippen molar-refractivity contribution in [2.45, 2.75) is 37.8 Å². The Balaban J connectivity index is 1.85. The number of benzene rings is 1. The second-order valence-electron chi connectivity index (χ2n) is 5.51. The van der Waals surface area contributed by atoms with Crippen LogP contribution in [-0.2, 0) is 0 Å². The monoisotopic (exact) mass is 296 g/mol. The first-order chi connectivity index (χ1) is 9.68. The molecule has 2 unspecified atom stereocenters. The second kappa shape index (κ2) is 5.70. The molecule has 2 aliphatic rings. The summed E-state index contributed by atoms with van der Waals surface area (Å²) in [4.78, 5) is 14.4. The molecular weight excluding hydrogens is 279 g/mol. The van der Waals surface area contributed by atoms with Gasteiger partial charge >= 0.3 is 0 Å². The fourth-order valence-corrected chi connectivity index (χ4v) is 3.59. The zero-order valence-electron chi connectivity index (χ0n) is 11.2. The lowest BCUT2D eigenvalue weighted by Crippen LogP contribution is -2.46. The Morgan fingerprint density at radius 1 is 1.35 bits per heavy atom. The van der Waals surface area contributed by atoms with Crippen molar-refractivity contribution >= 4 is 17.5 Å². The van der Waals surface area contributed by atoms with Crippen molar-refractivity contribution in [2.75, 3.05) is 13.1 Å². The lowest BCUT2D eigenvalue weighted by Gasteiger charge is -2.30. The number of likely N-dealkylation sites (tertiary alicyclic amines) is 1. The van der Waals surface area contributed by atoms with Gasteiger partial charge in [-0.25, -0.2) is 4.39 Å². The SMILES string of the molecule is O=C(c1c(F)cccc1Cl)N1CCCC1C1CCCN1. The fourth-order valence-electron chi connectivity index (χ4n) is 3.35. The van der Waals surface area contributed by atoms with Gasteiger partial charge in [0.2, 0.25) is 0 Å². The van der Waals surface area contributed by atoms with Gasteiger partial charge in [-0.05, 0) is 44.4 Å². The molecule has 3 nitrogen and oxygen atoms in total. The van der Waals surface area contributed by atoms with Crippen LogP contribution in [0.25, 0.3) is 0 Å². The van der Waals surface area contributed by atoms with E-state index >= 15 is 0 Å². The summed E-state index contributed by atoms with van der Waals surface area (Å²) in [7, 11) is 0. The zero-order chi connectivity index (χ0) is 14.1. The summed E-state index contributed by atoms with van der Waals surface area (Å²) in [5.41, 5.74) is 0.0130. The average Bonchev–Trinajstić information content (AvgIpc) is 3.09. The highest BCUT2D eigenvalue weighted by Gasteiger charge is 2.37. The van der Waals surface area contributed by atoms with Gasteiger partial charge < -0.3 is 10.2 Å². The van der Waals surface area contributed by atoms with Crippen LogP contribution < -0.4 is 5.32 Å². The maximum absolute atomic E-state index is 13.9. The highest BCUT2D eigenvalue weighted by molar-refractivity contribution is 6.33. The molecule has 2 aliphatic heterocycles. The first-order valence-electron chi connectivity index (χ1n) is 7.17. The largest absolute Gasteiger partial charge is 0.334 e. The number of nitrogens with zero attached hydrogens (tertiary/aromatic N) is 1. The lowest BCUT2D eigenvalue weighted by atomic mass is 10.0. The van der Waals surface area contributed by atoms with Crippen LogP contribution in [0.4, 0.5) is 4.39 Å². The number of carbonyl (C=O) groups is 1. The molecule has 2 atom stereocenters. The van der Waals surface area contributed by atoms with Gasteiger partial charge in [-0.3, -0.25) is 4.79 Å². The van der Waals surface area contributed by atoms with E-state index in [1.54, 1.807) is 11.0 Å². The van der Waals surface area contributed by atoms with E-state index in [0.29, 0.717) is 12.6 Å². The Bertz CT molecular complexity index is 496. The maximum Gasteiger partial charge on any atom is 0.258 e. The van der Waals surface area contributed by atoms with Crippen LogP contribution in [0.2, 0.25) is 5.02 Å². The molecule has 1 amide bonds. The van der Waals surface area contributed by atoms with Gasteiger partial charge in [-0.1, -0.05) is 17.7 Å². The van der Waals surface area contributed by atoms with E-state index in [1.807, 2.05) is 0 Å². The van der Waals surface area contributed by atoms with E-state index in [-0.39, 0.29) is 22.5 Å².